The monoisotopic (exact) mass is 381 g/mol. The highest BCUT2D eigenvalue weighted by Gasteiger charge is 2.09. The summed E-state index contributed by atoms with van der Waals surface area (Å²) in [5.74, 6) is 0.676. The van der Waals surface area contributed by atoms with Crippen LogP contribution in [0.5, 0.6) is 5.75 Å². The largest absolute Gasteiger partial charge is 0.487 e. The lowest BCUT2D eigenvalue weighted by Gasteiger charge is -2.07. The van der Waals surface area contributed by atoms with Gasteiger partial charge in [0.25, 0.3) is 0 Å². The van der Waals surface area contributed by atoms with E-state index < -0.39 is 0 Å². The maximum Gasteiger partial charge on any atom is 0.188 e. The van der Waals surface area contributed by atoms with Crippen LogP contribution in [0.4, 0.5) is 0 Å². The van der Waals surface area contributed by atoms with Gasteiger partial charge in [-0.1, -0.05) is 36.4 Å². The number of allylic oxidation sites excluding steroid dienone is 1. The van der Waals surface area contributed by atoms with Crippen molar-refractivity contribution in [3.8, 4) is 11.4 Å². The molecule has 0 radical (unpaired) electrons. The summed E-state index contributed by atoms with van der Waals surface area (Å²) in [5, 5.41) is 4.22. The molecule has 0 aliphatic heterocycles. The van der Waals surface area contributed by atoms with Gasteiger partial charge in [0.05, 0.1) is 11.4 Å². The standard InChI is InChI=1S/C24H19N3O2/c28-24(22-7-1-2-8-23(22)27-17-5-16-26-27)14-11-19-9-12-21(13-10-19)29-18-20-6-3-4-15-25-20/h1-17H,18H2/b14-11+. The first-order chi connectivity index (χ1) is 14.3. The van der Waals surface area contributed by atoms with E-state index in [9.17, 15) is 4.79 Å². The van der Waals surface area contributed by atoms with Crippen LogP contribution in [0, 0.1) is 0 Å². The Morgan fingerprint density at radius 3 is 2.52 bits per heavy atom. The Hall–Kier alpha value is -3.99. The second-order valence-electron chi connectivity index (χ2n) is 6.34. The van der Waals surface area contributed by atoms with Gasteiger partial charge in [0.2, 0.25) is 0 Å². The van der Waals surface area contributed by atoms with Crippen LogP contribution in [0.3, 0.4) is 0 Å². The summed E-state index contributed by atoms with van der Waals surface area (Å²) in [5.41, 5.74) is 3.14. The summed E-state index contributed by atoms with van der Waals surface area (Å²) in [4.78, 5) is 16.9. The van der Waals surface area contributed by atoms with Crippen LogP contribution in [-0.4, -0.2) is 20.5 Å². The summed E-state index contributed by atoms with van der Waals surface area (Å²) >= 11 is 0. The smallest absolute Gasteiger partial charge is 0.188 e. The number of para-hydroxylation sites is 1. The molecule has 2 heterocycles. The molecule has 5 nitrogen and oxygen atoms in total. The van der Waals surface area contributed by atoms with E-state index >= 15 is 0 Å². The third-order valence-electron chi connectivity index (χ3n) is 4.34. The highest BCUT2D eigenvalue weighted by molar-refractivity contribution is 6.09. The number of rotatable bonds is 7. The van der Waals surface area contributed by atoms with Crippen LogP contribution in [0.1, 0.15) is 21.6 Å². The van der Waals surface area contributed by atoms with E-state index in [1.165, 1.54) is 0 Å². The molecule has 0 atom stereocenters. The minimum Gasteiger partial charge on any atom is -0.487 e. The molecule has 0 aliphatic rings. The molecule has 0 bridgehead atoms. The lowest BCUT2D eigenvalue weighted by atomic mass is 10.1. The second-order valence-corrected chi connectivity index (χ2v) is 6.34. The molecule has 5 heteroatoms. The van der Waals surface area contributed by atoms with Gasteiger partial charge >= 0.3 is 0 Å². The molecular formula is C24H19N3O2. The van der Waals surface area contributed by atoms with E-state index in [0.717, 1.165) is 22.7 Å². The number of pyridine rings is 1. The molecule has 4 aromatic rings. The number of ketones is 1. The Morgan fingerprint density at radius 2 is 1.76 bits per heavy atom. The number of benzene rings is 2. The maximum absolute atomic E-state index is 12.7. The number of ether oxygens (including phenoxy) is 1. The third-order valence-corrected chi connectivity index (χ3v) is 4.34. The molecule has 0 N–H and O–H groups in total. The molecule has 29 heavy (non-hydrogen) atoms. The molecule has 4 rings (SSSR count). The average Bonchev–Trinajstić information content (AvgIpc) is 3.32. The van der Waals surface area contributed by atoms with Gasteiger partial charge in [-0.2, -0.15) is 5.10 Å². The zero-order valence-corrected chi connectivity index (χ0v) is 15.7. The fraction of sp³-hybridized carbons (Fsp3) is 0.0417. The fourth-order valence-corrected chi connectivity index (χ4v) is 2.87. The van der Waals surface area contributed by atoms with E-state index in [2.05, 4.69) is 10.1 Å². The van der Waals surface area contributed by atoms with Crippen LogP contribution in [0.2, 0.25) is 0 Å². The van der Waals surface area contributed by atoms with Crippen LogP contribution in [-0.2, 0) is 6.61 Å². The summed E-state index contributed by atoms with van der Waals surface area (Å²) in [7, 11) is 0. The van der Waals surface area contributed by atoms with Crippen molar-refractivity contribution in [2.24, 2.45) is 0 Å². The van der Waals surface area contributed by atoms with E-state index in [4.69, 9.17) is 4.74 Å². The third kappa shape index (κ3) is 4.65. The van der Waals surface area contributed by atoms with Crippen LogP contribution >= 0.6 is 0 Å². The highest BCUT2D eigenvalue weighted by Crippen LogP contribution is 2.17. The first-order valence-corrected chi connectivity index (χ1v) is 9.24. The molecule has 0 unspecified atom stereocenters. The average molecular weight is 381 g/mol. The summed E-state index contributed by atoms with van der Waals surface area (Å²) in [6.07, 6.45) is 8.62. The lowest BCUT2D eigenvalue weighted by molar-refractivity contribution is 0.104. The second kappa shape index (κ2) is 8.80. The van der Waals surface area contributed by atoms with Crippen molar-refractivity contribution in [1.29, 1.82) is 0 Å². The topological polar surface area (TPSA) is 57.0 Å². The zero-order chi connectivity index (χ0) is 19.9. The zero-order valence-electron chi connectivity index (χ0n) is 15.7. The van der Waals surface area contributed by atoms with Crippen molar-refractivity contribution < 1.29 is 9.53 Å². The van der Waals surface area contributed by atoms with Crippen molar-refractivity contribution in [2.45, 2.75) is 6.61 Å². The van der Waals surface area contributed by atoms with Gasteiger partial charge in [-0.05, 0) is 54.1 Å². The first kappa shape index (κ1) is 18.4. The quantitative estimate of drug-likeness (QED) is 0.343. The molecule has 0 saturated heterocycles. The van der Waals surface area contributed by atoms with E-state index in [-0.39, 0.29) is 5.78 Å². The Kier molecular flexibility index (Phi) is 5.58. The molecule has 2 aromatic carbocycles. The number of nitrogens with zero attached hydrogens (tertiary/aromatic N) is 3. The predicted molar refractivity (Wildman–Crippen MR) is 112 cm³/mol. The molecule has 2 aromatic heterocycles. The van der Waals surface area contributed by atoms with Crippen LogP contribution in [0.25, 0.3) is 11.8 Å². The summed E-state index contributed by atoms with van der Waals surface area (Å²) in [6, 6.07) is 22.6. The van der Waals surface area contributed by atoms with Gasteiger partial charge < -0.3 is 4.74 Å². The number of carbonyl (C=O) groups is 1. The van der Waals surface area contributed by atoms with Crippen LogP contribution in [0.15, 0.2) is 97.5 Å². The van der Waals surface area contributed by atoms with E-state index in [1.54, 1.807) is 35.3 Å². The van der Waals surface area contributed by atoms with Gasteiger partial charge in [-0.3, -0.25) is 9.78 Å². The molecule has 0 saturated carbocycles. The highest BCUT2D eigenvalue weighted by atomic mass is 16.5. The van der Waals surface area contributed by atoms with E-state index in [1.807, 2.05) is 72.9 Å². The van der Waals surface area contributed by atoms with Crippen molar-refractivity contribution in [1.82, 2.24) is 14.8 Å². The van der Waals surface area contributed by atoms with Crippen molar-refractivity contribution in [2.75, 3.05) is 0 Å². The van der Waals surface area contributed by atoms with Gasteiger partial charge in [0.15, 0.2) is 5.78 Å². The van der Waals surface area contributed by atoms with Gasteiger partial charge in [-0.25, -0.2) is 4.68 Å². The van der Waals surface area contributed by atoms with Gasteiger partial charge in [0, 0.05) is 24.2 Å². The van der Waals surface area contributed by atoms with Gasteiger partial charge in [-0.15, -0.1) is 0 Å². The summed E-state index contributed by atoms with van der Waals surface area (Å²) in [6.45, 7) is 0.415. The van der Waals surface area contributed by atoms with Crippen LogP contribution < -0.4 is 4.74 Å². The Morgan fingerprint density at radius 1 is 0.931 bits per heavy atom. The minimum atomic E-state index is -0.0772. The maximum atomic E-state index is 12.7. The van der Waals surface area contributed by atoms with E-state index in [0.29, 0.717) is 12.2 Å². The number of aromatic nitrogens is 3. The summed E-state index contributed by atoms with van der Waals surface area (Å²) < 4.78 is 7.43. The van der Waals surface area contributed by atoms with Gasteiger partial charge in [0.1, 0.15) is 12.4 Å². The number of hydrogen-bond donors (Lipinski definition) is 0. The lowest BCUT2D eigenvalue weighted by Crippen LogP contribution is -2.04. The molecular weight excluding hydrogens is 362 g/mol. The predicted octanol–water partition coefficient (Wildman–Crippen LogP) is 4.74. The normalized spacial score (nSPS) is 10.9. The Bertz CT molecular complexity index is 1100. The molecule has 0 amide bonds. The first-order valence-electron chi connectivity index (χ1n) is 9.24. The molecule has 142 valence electrons. The minimum absolute atomic E-state index is 0.0772. The van der Waals surface area contributed by atoms with Crippen molar-refractivity contribution in [3.63, 3.8) is 0 Å². The fourth-order valence-electron chi connectivity index (χ4n) is 2.87. The number of hydrogen-bond acceptors (Lipinski definition) is 4. The van der Waals surface area contributed by atoms with Crippen molar-refractivity contribution >= 4 is 11.9 Å². The molecule has 0 spiro atoms. The molecule has 0 fully saturated rings. The Labute approximate surface area is 168 Å². The molecule has 0 aliphatic carbocycles. The number of carbonyl (C=O) groups excluding carboxylic acids is 1. The SMILES string of the molecule is O=C(/C=C/c1ccc(OCc2ccccn2)cc1)c1ccccc1-n1cccn1. The Balaban J connectivity index is 1.42. The van der Waals surface area contributed by atoms with Crippen molar-refractivity contribution in [3.05, 3.63) is 114 Å².